The van der Waals surface area contributed by atoms with Crippen LogP contribution in [0.2, 0.25) is 0 Å². The van der Waals surface area contributed by atoms with E-state index in [1.807, 2.05) is 26.2 Å². The van der Waals surface area contributed by atoms with Gasteiger partial charge < -0.3 is 9.26 Å². The van der Waals surface area contributed by atoms with Gasteiger partial charge in [0.1, 0.15) is 5.92 Å². The highest BCUT2D eigenvalue weighted by molar-refractivity contribution is 7.09. The lowest BCUT2D eigenvalue weighted by atomic mass is 9.96. The van der Waals surface area contributed by atoms with Crippen molar-refractivity contribution >= 4 is 17.3 Å². The lowest BCUT2D eigenvalue weighted by Crippen LogP contribution is -2.21. The molecule has 0 saturated carbocycles. The van der Waals surface area contributed by atoms with Crippen LogP contribution in [0.15, 0.2) is 9.90 Å². The molecule has 0 aromatic carbocycles. The molecule has 1 unspecified atom stereocenters. The standard InChI is InChI=1S/C14H19N3O3S/c1-5-19-14(18)12(8(2)3)13-16-11(17-20-13)6-10-7-21-9(4)15-10/h7-8,12H,5-6H2,1-4H3. The number of thiazole rings is 1. The normalized spacial score (nSPS) is 12.6. The molecule has 2 rings (SSSR count). The van der Waals surface area contributed by atoms with E-state index in [-0.39, 0.29) is 11.9 Å². The number of esters is 1. The van der Waals surface area contributed by atoms with E-state index >= 15 is 0 Å². The molecule has 7 heteroatoms. The quantitative estimate of drug-likeness (QED) is 0.763. The molecule has 0 aliphatic rings. The zero-order valence-corrected chi connectivity index (χ0v) is 13.4. The van der Waals surface area contributed by atoms with E-state index in [0.29, 0.717) is 24.7 Å². The van der Waals surface area contributed by atoms with Crippen molar-refractivity contribution in [2.75, 3.05) is 6.61 Å². The highest BCUT2D eigenvalue weighted by atomic mass is 32.1. The van der Waals surface area contributed by atoms with Gasteiger partial charge in [-0.25, -0.2) is 4.98 Å². The van der Waals surface area contributed by atoms with Crippen LogP contribution in [-0.4, -0.2) is 27.7 Å². The van der Waals surface area contributed by atoms with E-state index in [0.717, 1.165) is 10.7 Å². The summed E-state index contributed by atoms with van der Waals surface area (Å²) in [5.41, 5.74) is 0.905. The Morgan fingerprint density at radius 3 is 2.76 bits per heavy atom. The molecule has 21 heavy (non-hydrogen) atoms. The molecule has 2 heterocycles. The van der Waals surface area contributed by atoms with E-state index < -0.39 is 5.92 Å². The van der Waals surface area contributed by atoms with Crippen LogP contribution in [0.25, 0.3) is 0 Å². The first-order chi connectivity index (χ1) is 10.0. The Morgan fingerprint density at radius 1 is 1.43 bits per heavy atom. The predicted molar refractivity (Wildman–Crippen MR) is 78.2 cm³/mol. The van der Waals surface area contributed by atoms with Crippen molar-refractivity contribution in [3.8, 4) is 0 Å². The molecule has 0 saturated heterocycles. The molecule has 0 fully saturated rings. The SMILES string of the molecule is CCOC(=O)C(c1nc(Cc2csc(C)n2)no1)C(C)C. The number of hydrogen-bond acceptors (Lipinski definition) is 7. The van der Waals surface area contributed by atoms with Gasteiger partial charge in [-0.05, 0) is 19.8 Å². The third-order valence-corrected chi connectivity index (χ3v) is 3.79. The molecular formula is C14H19N3O3S. The van der Waals surface area contributed by atoms with Crippen molar-refractivity contribution in [2.45, 2.75) is 40.0 Å². The zero-order valence-electron chi connectivity index (χ0n) is 12.6. The summed E-state index contributed by atoms with van der Waals surface area (Å²) >= 11 is 1.58. The fraction of sp³-hybridized carbons (Fsp3) is 0.571. The third-order valence-electron chi connectivity index (χ3n) is 2.96. The van der Waals surface area contributed by atoms with E-state index in [4.69, 9.17) is 9.26 Å². The summed E-state index contributed by atoms with van der Waals surface area (Å²) in [6.45, 7) is 7.91. The molecule has 0 spiro atoms. The molecular weight excluding hydrogens is 290 g/mol. The number of carbonyl (C=O) groups excluding carboxylic acids is 1. The predicted octanol–water partition coefficient (Wildman–Crippen LogP) is 2.73. The van der Waals surface area contributed by atoms with E-state index in [1.54, 1.807) is 18.3 Å². The maximum absolute atomic E-state index is 12.0. The number of nitrogens with zero attached hydrogens (tertiary/aromatic N) is 3. The molecule has 2 aromatic heterocycles. The van der Waals surface area contributed by atoms with E-state index in [1.165, 1.54) is 0 Å². The maximum atomic E-state index is 12.0. The molecule has 0 aliphatic carbocycles. The van der Waals surface area contributed by atoms with Crippen molar-refractivity contribution in [2.24, 2.45) is 5.92 Å². The van der Waals surface area contributed by atoms with Crippen LogP contribution in [0, 0.1) is 12.8 Å². The molecule has 114 valence electrons. The number of aromatic nitrogens is 3. The molecule has 1 atom stereocenters. The van der Waals surface area contributed by atoms with Gasteiger partial charge in [0, 0.05) is 5.38 Å². The second kappa shape index (κ2) is 6.80. The van der Waals surface area contributed by atoms with Gasteiger partial charge in [0.2, 0.25) is 5.89 Å². The second-order valence-corrected chi connectivity index (χ2v) is 6.12. The second-order valence-electron chi connectivity index (χ2n) is 5.06. The fourth-order valence-corrected chi connectivity index (χ4v) is 2.62. The first-order valence-electron chi connectivity index (χ1n) is 6.91. The van der Waals surface area contributed by atoms with Crippen LogP contribution in [-0.2, 0) is 16.0 Å². The van der Waals surface area contributed by atoms with Gasteiger partial charge in [0.25, 0.3) is 0 Å². The molecule has 0 aliphatic heterocycles. The third kappa shape index (κ3) is 3.87. The zero-order chi connectivity index (χ0) is 15.4. The number of rotatable bonds is 6. The first kappa shape index (κ1) is 15.6. The fourth-order valence-electron chi connectivity index (χ4n) is 2.01. The Hall–Kier alpha value is -1.76. The van der Waals surface area contributed by atoms with Crippen molar-refractivity contribution in [3.63, 3.8) is 0 Å². The van der Waals surface area contributed by atoms with E-state index in [9.17, 15) is 4.79 Å². The molecule has 0 N–H and O–H groups in total. The van der Waals surface area contributed by atoms with Crippen LogP contribution < -0.4 is 0 Å². The Balaban J connectivity index is 2.14. The summed E-state index contributed by atoms with van der Waals surface area (Å²) in [5.74, 6) is 0.0186. The van der Waals surface area contributed by atoms with Crippen LogP contribution in [0.4, 0.5) is 0 Å². The van der Waals surface area contributed by atoms with Crippen molar-refractivity contribution in [1.82, 2.24) is 15.1 Å². The molecule has 6 nitrogen and oxygen atoms in total. The van der Waals surface area contributed by atoms with Gasteiger partial charge in [0.15, 0.2) is 5.82 Å². The highest BCUT2D eigenvalue weighted by Crippen LogP contribution is 2.25. The molecule has 0 bridgehead atoms. The minimum absolute atomic E-state index is 0.0267. The molecule has 2 aromatic rings. The van der Waals surface area contributed by atoms with Gasteiger partial charge in [-0.2, -0.15) is 4.98 Å². The van der Waals surface area contributed by atoms with Gasteiger partial charge >= 0.3 is 5.97 Å². The number of aryl methyl sites for hydroxylation is 1. The summed E-state index contributed by atoms with van der Waals surface area (Å²) < 4.78 is 10.3. The summed E-state index contributed by atoms with van der Waals surface area (Å²) in [5, 5.41) is 6.91. The average molecular weight is 309 g/mol. The van der Waals surface area contributed by atoms with Crippen LogP contribution in [0.3, 0.4) is 0 Å². The molecule has 0 radical (unpaired) electrons. The van der Waals surface area contributed by atoms with Crippen LogP contribution >= 0.6 is 11.3 Å². The first-order valence-corrected chi connectivity index (χ1v) is 7.79. The van der Waals surface area contributed by atoms with Crippen molar-refractivity contribution in [3.05, 3.63) is 27.8 Å². The van der Waals surface area contributed by atoms with Gasteiger partial charge in [-0.1, -0.05) is 19.0 Å². The number of carbonyl (C=O) groups is 1. The minimum Gasteiger partial charge on any atom is -0.465 e. The summed E-state index contributed by atoms with van der Waals surface area (Å²) in [4.78, 5) is 20.7. The Bertz CT molecular complexity index is 606. The summed E-state index contributed by atoms with van der Waals surface area (Å²) in [6.07, 6.45) is 0.501. The van der Waals surface area contributed by atoms with Gasteiger partial charge in [-0.3, -0.25) is 4.79 Å². The Labute approximate surface area is 127 Å². The largest absolute Gasteiger partial charge is 0.465 e. The highest BCUT2D eigenvalue weighted by Gasteiger charge is 2.31. The molecule has 0 amide bonds. The average Bonchev–Trinajstić information content (AvgIpc) is 3.00. The number of hydrogen-bond donors (Lipinski definition) is 0. The minimum atomic E-state index is -0.525. The lowest BCUT2D eigenvalue weighted by Gasteiger charge is -2.14. The van der Waals surface area contributed by atoms with Crippen molar-refractivity contribution in [1.29, 1.82) is 0 Å². The van der Waals surface area contributed by atoms with Crippen LogP contribution in [0.5, 0.6) is 0 Å². The topological polar surface area (TPSA) is 78.1 Å². The smallest absolute Gasteiger partial charge is 0.318 e. The van der Waals surface area contributed by atoms with Gasteiger partial charge in [-0.15, -0.1) is 11.3 Å². The van der Waals surface area contributed by atoms with Crippen molar-refractivity contribution < 1.29 is 14.1 Å². The monoisotopic (exact) mass is 309 g/mol. The maximum Gasteiger partial charge on any atom is 0.318 e. The van der Waals surface area contributed by atoms with Crippen LogP contribution in [0.1, 0.15) is 49.1 Å². The summed E-state index contributed by atoms with van der Waals surface area (Å²) in [7, 11) is 0. The lowest BCUT2D eigenvalue weighted by molar-refractivity contribution is -0.146. The van der Waals surface area contributed by atoms with Gasteiger partial charge in [0.05, 0.1) is 23.7 Å². The summed E-state index contributed by atoms with van der Waals surface area (Å²) in [6, 6.07) is 0. The number of ether oxygens (including phenoxy) is 1. The Kier molecular flexibility index (Phi) is 5.06. The Morgan fingerprint density at radius 2 is 2.19 bits per heavy atom. The van der Waals surface area contributed by atoms with E-state index in [2.05, 4.69) is 15.1 Å².